The molecular weight excluding hydrogens is 593 g/mol. The third-order valence-corrected chi connectivity index (χ3v) is 7.65. The van der Waals surface area contributed by atoms with Crippen LogP contribution in [0.1, 0.15) is 51.0 Å². The van der Waals surface area contributed by atoms with E-state index in [0.717, 1.165) is 31.4 Å². The number of carbonyl (C=O) groups excluding carboxylic acids is 1. The Labute approximate surface area is 236 Å². The van der Waals surface area contributed by atoms with Crippen LogP contribution in [0.2, 0.25) is 0 Å². The maximum Gasteiger partial charge on any atom is 0.251 e. The molecule has 38 heavy (non-hydrogen) atoms. The van der Waals surface area contributed by atoms with E-state index in [1.165, 1.54) is 0 Å². The average Bonchev–Trinajstić information content (AvgIpc) is 3.59. The molecule has 1 amide bonds. The fraction of sp³-hybridized carbons (Fsp3) is 0.429. The summed E-state index contributed by atoms with van der Waals surface area (Å²) in [6.07, 6.45) is 3.69. The SMILES string of the molecule is CC(C)NC[C@@H](C(=O)N1CCN(c2c(-c3nnc(C(C)C)o3)cnc3[nH]ccc23)CC1)c1ccc(I)cc1. The van der Waals surface area contributed by atoms with Crippen LogP contribution in [0, 0.1) is 3.57 Å². The molecule has 3 aromatic heterocycles. The molecule has 1 aliphatic heterocycles. The molecular formula is C28H34IN7O2. The molecule has 1 saturated heterocycles. The number of aromatic amines is 1. The van der Waals surface area contributed by atoms with Gasteiger partial charge in [-0.25, -0.2) is 4.98 Å². The topological polar surface area (TPSA) is 103 Å². The highest BCUT2D eigenvalue weighted by atomic mass is 127. The lowest BCUT2D eigenvalue weighted by Crippen LogP contribution is -2.51. The van der Waals surface area contributed by atoms with E-state index in [0.29, 0.717) is 50.5 Å². The first-order valence-electron chi connectivity index (χ1n) is 13.1. The molecule has 0 aliphatic carbocycles. The predicted octanol–water partition coefficient (Wildman–Crippen LogP) is 4.77. The highest BCUT2D eigenvalue weighted by molar-refractivity contribution is 14.1. The van der Waals surface area contributed by atoms with Crippen LogP contribution in [0.3, 0.4) is 0 Å². The monoisotopic (exact) mass is 627 g/mol. The summed E-state index contributed by atoms with van der Waals surface area (Å²) in [5.41, 5.74) is 3.69. The Morgan fingerprint density at radius 1 is 1.08 bits per heavy atom. The van der Waals surface area contributed by atoms with Crippen LogP contribution in [0.15, 0.2) is 47.1 Å². The molecule has 1 atom stereocenters. The van der Waals surface area contributed by atoms with Gasteiger partial charge in [-0.2, -0.15) is 0 Å². The molecule has 0 bridgehead atoms. The summed E-state index contributed by atoms with van der Waals surface area (Å²) in [6, 6.07) is 10.6. The van der Waals surface area contributed by atoms with Crippen molar-refractivity contribution in [1.29, 1.82) is 0 Å². The van der Waals surface area contributed by atoms with Crippen molar-refractivity contribution in [3.63, 3.8) is 0 Å². The zero-order valence-corrected chi connectivity index (χ0v) is 24.4. The van der Waals surface area contributed by atoms with Gasteiger partial charge in [0, 0.05) is 66.0 Å². The first kappa shape index (κ1) is 26.6. The summed E-state index contributed by atoms with van der Waals surface area (Å²) in [4.78, 5) is 25.9. The molecule has 0 unspecified atom stereocenters. The summed E-state index contributed by atoms with van der Waals surface area (Å²) in [5, 5.41) is 13.0. The lowest BCUT2D eigenvalue weighted by atomic mass is 9.96. The van der Waals surface area contributed by atoms with E-state index < -0.39 is 0 Å². The molecule has 200 valence electrons. The second kappa shape index (κ2) is 11.4. The number of hydrogen-bond acceptors (Lipinski definition) is 7. The van der Waals surface area contributed by atoms with Crippen LogP contribution >= 0.6 is 22.6 Å². The minimum Gasteiger partial charge on any atom is -0.420 e. The van der Waals surface area contributed by atoms with E-state index in [9.17, 15) is 4.79 Å². The number of aromatic nitrogens is 4. The van der Waals surface area contributed by atoms with Crippen molar-refractivity contribution in [2.45, 2.75) is 45.6 Å². The van der Waals surface area contributed by atoms with Crippen molar-refractivity contribution in [2.75, 3.05) is 37.6 Å². The number of halogens is 1. The van der Waals surface area contributed by atoms with Crippen LogP contribution in [0.5, 0.6) is 0 Å². The molecule has 1 aliphatic rings. The van der Waals surface area contributed by atoms with Crippen LogP contribution in [0.4, 0.5) is 5.69 Å². The van der Waals surface area contributed by atoms with Gasteiger partial charge in [0.25, 0.3) is 5.89 Å². The third kappa shape index (κ3) is 5.56. The quantitative estimate of drug-likeness (QED) is 0.272. The van der Waals surface area contributed by atoms with E-state index >= 15 is 0 Å². The van der Waals surface area contributed by atoms with Crippen molar-refractivity contribution in [2.24, 2.45) is 0 Å². The van der Waals surface area contributed by atoms with Gasteiger partial charge in [-0.15, -0.1) is 10.2 Å². The first-order chi connectivity index (χ1) is 18.3. The van der Waals surface area contributed by atoms with Crippen LogP contribution in [0.25, 0.3) is 22.5 Å². The Morgan fingerprint density at radius 3 is 2.47 bits per heavy atom. The summed E-state index contributed by atoms with van der Waals surface area (Å²) in [5.74, 6) is 1.16. The molecule has 5 rings (SSSR count). The summed E-state index contributed by atoms with van der Waals surface area (Å²) in [7, 11) is 0. The molecule has 10 heteroatoms. The summed E-state index contributed by atoms with van der Waals surface area (Å²) in [6.45, 7) is 11.6. The zero-order chi connectivity index (χ0) is 26.8. The molecule has 2 N–H and O–H groups in total. The Kier molecular flexibility index (Phi) is 7.98. The second-order valence-electron chi connectivity index (χ2n) is 10.3. The Morgan fingerprint density at radius 2 is 1.82 bits per heavy atom. The van der Waals surface area contributed by atoms with Gasteiger partial charge in [0.05, 0.1) is 17.2 Å². The lowest BCUT2D eigenvalue weighted by Gasteiger charge is -2.38. The van der Waals surface area contributed by atoms with Crippen molar-refractivity contribution >= 4 is 45.2 Å². The number of amides is 1. The molecule has 4 aromatic rings. The Hall–Kier alpha value is -2.99. The minimum atomic E-state index is -0.221. The normalized spacial score (nSPS) is 15.1. The Bertz CT molecular complexity index is 1390. The molecule has 1 aromatic carbocycles. The number of pyridine rings is 1. The number of rotatable bonds is 8. The van der Waals surface area contributed by atoms with Gasteiger partial charge in [0.1, 0.15) is 5.65 Å². The standard InChI is InChI=1S/C28H34IN7O2/c1-17(2)26-33-34-27(38-26)23-16-32-25-21(9-10-30-25)24(23)35-11-13-36(14-12-35)28(37)22(15-31-18(3)4)19-5-7-20(29)8-6-19/h5-10,16-18,22,31H,11-15H2,1-4H3,(H,30,32)/t22-/m1/s1. The van der Waals surface area contributed by atoms with Crippen LogP contribution < -0.4 is 10.2 Å². The van der Waals surface area contributed by atoms with E-state index in [-0.39, 0.29) is 17.7 Å². The Balaban J connectivity index is 1.38. The van der Waals surface area contributed by atoms with E-state index in [1.54, 1.807) is 6.20 Å². The first-order valence-corrected chi connectivity index (χ1v) is 14.2. The smallest absolute Gasteiger partial charge is 0.251 e. The average molecular weight is 628 g/mol. The molecule has 0 spiro atoms. The number of carbonyl (C=O) groups is 1. The van der Waals surface area contributed by atoms with Gasteiger partial charge >= 0.3 is 0 Å². The van der Waals surface area contributed by atoms with E-state index in [4.69, 9.17) is 4.42 Å². The molecule has 0 radical (unpaired) electrons. The van der Waals surface area contributed by atoms with Crippen molar-refractivity contribution in [3.8, 4) is 11.5 Å². The van der Waals surface area contributed by atoms with Gasteiger partial charge < -0.3 is 24.5 Å². The number of nitrogens with one attached hydrogen (secondary N) is 2. The van der Waals surface area contributed by atoms with Crippen LogP contribution in [-0.4, -0.2) is 69.7 Å². The zero-order valence-electron chi connectivity index (χ0n) is 22.2. The van der Waals surface area contributed by atoms with E-state index in [1.807, 2.05) is 31.0 Å². The van der Waals surface area contributed by atoms with Crippen molar-refractivity contribution < 1.29 is 9.21 Å². The predicted molar refractivity (Wildman–Crippen MR) is 157 cm³/mol. The highest BCUT2D eigenvalue weighted by Gasteiger charge is 2.31. The second-order valence-corrected chi connectivity index (χ2v) is 11.6. The fourth-order valence-corrected chi connectivity index (χ4v) is 5.19. The largest absolute Gasteiger partial charge is 0.420 e. The van der Waals surface area contributed by atoms with Crippen LogP contribution in [-0.2, 0) is 4.79 Å². The molecule has 9 nitrogen and oxygen atoms in total. The lowest BCUT2D eigenvalue weighted by molar-refractivity contribution is -0.133. The van der Waals surface area contributed by atoms with E-state index in [2.05, 4.69) is 91.1 Å². The van der Waals surface area contributed by atoms with Crippen molar-refractivity contribution in [1.82, 2.24) is 30.4 Å². The van der Waals surface area contributed by atoms with Gasteiger partial charge in [-0.05, 0) is 46.4 Å². The maximum absolute atomic E-state index is 13.8. The fourth-order valence-electron chi connectivity index (χ4n) is 4.83. The number of benzene rings is 1. The molecule has 0 saturated carbocycles. The molecule has 4 heterocycles. The number of fused-ring (bicyclic) bond motifs is 1. The van der Waals surface area contributed by atoms with Gasteiger partial charge in [0.15, 0.2) is 0 Å². The molecule has 1 fully saturated rings. The summed E-state index contributed by atoms with van der Waals surface area (Å²) < 4.78 is 7.17. The van der Waals surface area contributed by atoms with Crippen molar-refractivity contribution in [3.05, 3.63) is 57.7 Å². The number of anilines is 1. The summed E-state index contributed by atoms with van der Waals surface area (Å²) >= 11 is 2.30. The van der Waals surface area contributed by atoms with Gasteiger partial charge in [0.2, 0.25) is 11.8 Å². The minimum absolute atomic E-state index is 0.143. The number of nitrogens with zero attached hydrogens (tertiary/aromatic N) is 5. The van der Waals surface area contributed by atoms with Gasteiger partial charge in [-0.1, -0.05) is 39.8 Å². The number of piperazine rings is 1. The third-order valence-electron chi connectivity index (χ3n) is 6.93. The maximum atomic E-state index is 13.8. The highest BCUT2D eigenvalue weighted by Crippen LogP contribution is 2.37. The number of hydrogen-bond donors (Lipinski definition) is 2. The van der Waals surface area contributed by atoms with Gasteiger partial charge in [-0.3, -0.25) is 4.79 Å². The number of H-pyrrole nitrogens is 1.